The molecule has 0 radical (unpaired) electrons. The van der Waals surface area contributed by atoms with Crippen molar-refractivity contribution in [3.8, 4) is 0 Å². The first-order chi connectivity index (χ1) is 6.20. The topological polar surface area (TPSA) is 29.5 Å². The molecule has 0 heterocycles. The monoisotopic (exact) mass is 186 g/mol. The van der Waals surface area contributed by atoms with E-state index >= 15 is 0 Å². The van der Waals surface area contributed by atoms with Crippen LogP contribution >= 0.6 is 0 Å². The van der Waals surface area contributed by atoms with Crippen LogP contribution in [0.1, 0.15) is 46.0 Å². The van der Waals surface area contributed by atoms with Gasteiger partial charge in [0.2, 0.25) is 0 Å². The summed E-state index contributed by atoms with van der Waals surface area (Å²) < 4.78 is 5.59. The van der Waals surface area contributed by atoms with Gasteiger partial charge in [-0.3, -0.25) is 0 Å². The lowest BCUT2D eigenvalue weighted by atomic mass is 9.90. The number of aliphatic hydroxyl groups is 1. The zero-order valence-corrected chi connectivity index (χ0v) is 8.83. The zero-order valence-electron chi connectivity index (χ0n) is 8.83. The SMILES string of the molecule is CC(O)C(C)OCC1CCCCC1. The molecule has 2 heteroatoms. The van der Waals surface area contributed by atoms with Gasteiger partial charge in [-0.1, -0.05) is 19.3 Å². The molecule has 1 fully saturated rings. The highest BCUT2D eigenvalue weighted by atomic mass is 16.5. The maximum absolute atomic E-state index is 9.23. The highest BCUT2D eigenvalue weighted by Gasteiger charge is 2.16. The molecule has 0 bridgehead atoms. The van der Waals surface area contributed by atoms with Crippen molar-refractivity contribution in [3.63, 3.8) is 0 Å². The average Bonchev–Trinajstić information content (AvgIpc) is 2.15. The molecule has 0 spiro atoms. The molecular formula is C11H22O2. The molecule has 0 aromatic rings. The maximum atomic E-state index is 9.23. The molecule has 1 aliphatic rings. The Labute approximate surface area is 81.3 Å². The molecule has 0 saturated heterocycles. The molecule has 2 unspecified atom stereocenters. The van der Waals surface area contributed by atoms with Gasteiger partial charge in [0, 0.05) is 6.61 Å². The predicted octanol–water partition coefficient (Wildman–Crippen LogP) is 2.35. The molecule has 0 aromatic heterocycles. The van der Waals surface area contributed by atoms with Crippen molar-refractivity contribution in [2.24, 2.45) is 5.92 Å². The summed E-state index contributed by atoms with van der Waals surface area (Å²) in [6.07, 6.45) is 6.38. The Morgan fingerprint density at radius 1 is 1.23 bits per heavy atom. The standard InChI is InChI=1S/C11H22O2/c1-9(12)10(2)13-8-11-6-4-3-5-7-11/h9-12H,3-8H2,1-2H3. The summed E-state index contributed by atoms with van der Waals surface area (Å²) in [4.78, 5) is 0. The summed E-state index contributed by atoms with van der Waals surface area (Å²) in [7, 11) is 0. The van der Waals surface area contributed by atoms with Gasteiger partial charge in [-0.15, -0.1) is 0 Å². The molecule has 78 valence electrons. The van der Waals surface area contributed by atoms with Crippen molar-refractivity contribution in [1.82, 2.24) is 0 Å². The Morgan fingerprint density at radius 3 is 2.38 bits per heavy atom. The molecule has 13 heavy (non-hydrogen) atoms. The maximum Gasteiger partial charge on any atom is 0.0803 e. The molecule has 0 aromatic carbocycles. The van der Waals surface area contributed by atoms with E-state index in [1.165, 1.54) is 32.1 Å². The smallest absolute Gasteiger partial charge is 0.0803 e. The van der Waals surface area contributed by atoms with E-state index in [9.17, 15) is 5.11 Å². The van der Waals surface area contributed by atoms with Crippen LogP contribution in [0.4, 0.5) is 0 Å². The molecule has 1 aliphatic carbocycles. The lowest BCUT2D eigenvalue weighted by Crippen LogP contribution is -2.26. The quantitative estimate of drug-likeness (QED) is 0.730. The fourth-order valence-corrected chi connectivity index (χ4v) is 1.78. The summed E-state index contributed by atoms with van der Waals surface area (Å²) in [6.45, 7) is 4.56. The molecule has 1 N–H and O–H groups in total. The summed E-state index contributed by atoms with van der Waals surface area (Å²) in [5, 5.41) is 9.23. The Bertz CT molecular complexity index is 128. The first-order valence-corrected chi connectivity index (χ1v) is 5.50. The van der Waals surface area contributed by atoms with E-state index in [4.69, 9.17) is 4.74 Å². The summed E-state index contributed by atoms with van der Waals surface area (Å²) in [5.74, 6) is 0.745. The van der Waals surface area contributed by atoms with Crippen molar-refractivity contribution in [1.29, 1.82) is 0 Å². The van der Waals surface area contributed by atoms with Crippen LogP contribution in [0.15, 0.2) is 0 Å². The lowest BCUT2D eigenvalue weighted by molar-refractivity contribution is -0.0358. The van der Waals surface area contributed by atoms with E-state index in [2.05, 4.69) is 0 Å². The second-order valence-electron chi connectivity index (χ2n) is 4.28. The van der Waals surface area contributed by atoms with Crippen LogP contribution in [0, 0.1) is 5.92 Å². The van der Waals surface area contributed by atoms with Gasteiger partial charge in [-0.25, -0.2) is 0 Å². The number of ether oxygens (including phenoxy) is 1. The van der Waals surface area contributed by atoms with Crippen LogP contribution in [0.5, 0.6) is 0 Å². The van der Waals surface area contributed by atoms with Crippen molar-refractivity contribution in [2.45, 2.75) is 58.2 Å². The van der Waals surface area contributed by atoms with E-state index in [0.717, 1.165) is 12.5 Å². The third kappa shape index (κ3) is 4.10. The Balaban J connectivity index is 2.10. The van der Waals surface area contributed by atoms with Crippen LogP contribution in [0.2, 0.25) is 0 Å². The number of hydrogen-bond acceptors (Lipinski definition) is 2. The van der Waals surface area contributed by atoms with Gasteiger partial charge in [-0.05, 0) is 32.6 Å². The van der Waals surface area contributed by atoms with Gasteiger partial charge >= 0.3 is 0 Å². The van der Waals surface area contributed by atoms with Gasteiger partial charge in [0.25, 0.3) is 0 Å². The predicted molar refractivity (Wildman–Crippen MR) is 53.7 cm³/mol. The van der Waals surface area contributed by atoms with E-state index in [-0.39, 0.29) is 12.2 Å². The van der Waals surface area contributed by atoms with Gasteiger partial charge in [0.1, 0.15) is 0 Å². The van der Waals surface area contributed by atoms with Crippen molar-refractivity contribution >= 4 is 0 Å². The first-order valence-electron chi connectivity index (χ1n) is 5.50. The van der Waals surface area contributed by atoms with Crippen LogP contribution in [-0.4, -0.2) is 23.9 Å². The minimum absolute atomic E-state index is 0.0121. The minimum Gasteiger partial charge on any atom is -0.391 e. The van der Waals surface area contributed by atoms with Crippen molar-refractivity contribution < 1.29 is 9.84 Å². The first kappa shape index (κ1) is 11.0. The Morgan fingerprint density at radius 2 is 1.85 bits per heavy atom. The van der Waals surface area contributed by atoms with E-state index in [1.807, 2.05) is 6.92 Å². The van der Waals surface area contributed by atoms with E-state index in [1.54, 1.807) is 6.92 Å². The molecular weight excluding hydrogens is 164 g/mol. The lowest BCUT2D eigenvalue weighted by Gasteiger charge is -2.24. The highest BCUT2D eigenvalue weighted by Crippen LogP contribution is 2.24. The molecule has 1 saturated carbocycles. The molecule has 2 nitrogen and oxygen atoms in total. The Kier molecular flexibility index (Phi) is 4.74. The third-order valence-corrected chi connectivity index (χ3v) is 3.00. The Hall–Kier alpha value is -0.0800. The third-order valence-electron chi connectivity index (χ3n) is 3.00. The zero-order chi connectivity index (χ0) is 9.68. The molecule has 0 amide bonds. The summed E-state index contributed by atoms with van der Waals surface area (Å²) >= 11 is 0. The molecule has 1 rings (SSSR count). The van der Waals surface area contributed by atoms with Crippen molar-refractivity contribution in [2.75, 3.05) is 6.61 Å². The summed E-state index contributed by atoms with van der Waals surface area (Å²) in [5.41, 5.74) is 0. The number of hydrogen-bond donors (Lipinski definition) is 1. The highest BCUT2D eigenvalue weighted by molar-refractivity contribution is 4.66. The average molecular weight is 186 g/mol. The fourth-order valence-electron chi connectivity index (χ4n) is 1.78. The largest absolute Gasteiger partial charge is 0.391 e. The van der Waals surface area contributed by atoms with Crippen molar-refractivity contribution in [3.05, 3.63) is 0 Å². The molecule has 2 atom stereocenters. The fraction of sp³-hybridized carbons (Fsp3) is 1.00. The van der Waals surface area contributed by atoms with Gasteiger partial charge < -0.3 is 9.84 Å². The van der Waals surface area contributed by atoms with E-state index < -0.39 is 0 Å². The van der Waals surface area contributed by atoms with E-state index in [0.29, 0.717) is 0 Å². The van der Waals surface area contributed by atoms with Gasteiger partial charge in [0.15, 0.2) is 0 Å². The number of aliphatic hydroxyl groups excluding tert-OH is 1. The van der Waals surface area contributed by atoms with Crippen LogP contribution < -0.4 is 0 Å². The normalized spacial score (nSPS) is 24.2. The second kappa shape index (κ2) is 5.61. The van der Waals surface area contributed by atoms with Crippen LogP contribution in [0.25, 0.3) is 0 Å². The van der Waals surface area contributed by atoms with Gasteiger partial charge in [0.05, 0.1) is 12.2 Å². The summed E-state index contributed by atoms with van der Waals surface area (Å²) in [6, 6.07) is 0. The van der Waals surface area contributed by atoms with Crippen LogP contribution in [0.3, 0.4) is 0 Å². The molecule has 0 aliphatic heterocycles. The van der Waals surface area contributed by atoms with Gasteiger partial charge in [-0.2, -0.15) is 0 Å². The second-order valence-corrected chi connectivity index (χ2v) is 4.28. The van der Waals surface area contributed by atoms with Crippen LogP contribution in [-0.2, 0) is 4.74 Å². The minimum atomic E-state index is -0.344. The number of rotatable bonds is 4.